The summed E-state index contributed by atoms with van der Waals surface area (Å²) in [4.78, 5) is 11.0. The van der Waals surface area contributed by atoms with E-state index in [0.29, 0.717) is 31.1 Å². The Hall–Kier alpha value is -4.04. The predicted molar refractivity (Wildman–Crippen MR) is 128 cm³/mol. The standard InChI is InChI=1S/C28H27NO4/c1-2-28(30)32-19-7-3-6-18-31-26-16-14-24(15-17-26)23-12-10-22(11-13-23)21-33-27-9-5-4-8-25(27)20-29/h2,4-5,8-17H,1,3,6-7,18-19,21H2. The molecule has 3 aromatic rings. The Morgan fingerprint density at radius 2 is 1.52 bits per heavy atom. The molecule has 0 saturated heterocycles. The molecule has 0 heterocycles. The van der Waals surface area contributed by atoms with Crippen LogP contribution in [0.1, 0.15) is 30.4 Å². The van der Waals surface area contributed by atoms with E-state index in [4.69, 9.17) is 19.5 Å². The Labute approximate surface area is 194 Å². The van der Waals surface area contributed by atoms with Gasteiger partial charge in [0.15, 0.2) is 0 Å². The number of para-hydroxylation sites is 1. The first-order valence-corrected chi connectivity index (χ1v) is 10.9. The number of esters is 1. The zero-order valence-electron chi connectivity index (χ0n) is 18.5. The number of hydrogen-bond acceptors (Lipinski definition) is 5. The third-order valence-electron chi connectivity index (χ3n) is 5.01. The average Bonchev–Trinajstić information content (AvgIpc) is 2.87. The molecule has 3 aromatic carbocycles. The molecule has 0 atom stereocenters. The smallest absolute Gasteiger partial charge is 0.330 e. The minimum Gasteiger partial charge on any atom is -0.494 e. The van der Waals surface area contributed by atoms with E-state index in [1.165, 1.54) is 6.08 Å². The third-order valence-corrected chi connectivity index (χ3v) is 5.01. The summed E-state index contributed by atoms with van der Waals surface area (Å²) in [5.41, 5.74) is 3.78. The molecule has 0 unspecified atom stereocenters. The zero-order chi connectivity index (χ0) is 23.3. The summed E-state index contributed by atoms with van der Waals surface area (Å²) in [7, 11) is 0. The van der Waals surface area contributed by atoms with Crippen LogP contribution in [0.5, 0.6) is 11.5 Å². The van der Waals surface area contributed by atoms with Crippen molar-refractivity contribution in [2.75, 3.05) is 13.2 Å². The number of ether oxygens (including phenoxy) is 3. The van der Waals surface area contributed by atoms with Crippen LogP contribution in [0.3, 0.4) is 0 Å². The van der Waals surface area contributed by atoms with E-state index >= 15 is 0 Å². The van der Waals surface area contributed by atoms with E-state index in [1.807, 2.05) is 48.5 Å². The van der Waals surface area contributed by atoms with Crippen LogP contribution in [0.15, 0.2) is 85.5 Å². The predicted octanol–water partition coefficient (Wildman–Crippen LogP) is 6.08. The molecule has 3 rings (SSSR count). The highest BCUT2D eigenvalue weighted by Crippen LogP contribution is 2.24. The van der Waals surface area contributed by atoms with Gasteiger partial charge >= 0.3 is 5.97 Å². The molecule has 0 N–H and O–H groups in total. The Bertz CT molecular complexity index is 1080. The first-order chi connectivity index (χ1) is 16.2. The fourth-order valence-electron chi connectivity index (χ4n) is 3.19. The maximum Gasteiger partial charge on any atom is 0.330 e. The Kier molecular flexibility index (Phi) is 9.11. The van der Waals surface area contributed by atoms with E-state index in [0.717, 1.165) is 41.7 Å². The van der Waals surface area contributed by atoms with Crippen molar-refractivity contribution in [3.63, 3.8) is 0 Å². The molecule has 5 heteroatoms. The molecule has 0 aliphatic carbocycles. The molecule has 0 aromatic heterocycles. The minimum absolute atomic E-state index is 0.379. The van der Waals surface area contributed by atoms with Gasteiger partial charge in [-0.15, -0.1) is 0 Å². The largest absolute Gasteiger partial charge is 0.494 e. The van der Waals surface area contributed by atoms with Crippen LogP contribution in [-0.4, -0.2) is 19.2 Å². The summed E-state index contributed by atoms with van der Waals surface area (Å²) >= 11 is 0. The SMILES string of the molecule is C=CC(=O)OCCCCCOc1ccc(-c2ccc(COc3ccccc3C#N)cc2)cc1. The van der Waals surface area contributed by atoms with E-state index in [1.54, 1.807) is 12.1 Å². The second kappa shape index (κ2) is 12.7. The van der Waals surface area contributed by atoms with Crippen molar-refractivity contribution in [2.45, 2.75) is 25.9 Å². The fraction of sp³-hybridized carbons (Fsp3) is 0.214. The van der Waals surface area contributed by atoms with Gasteiger partial charge in [-0.05, 0) is 60.2 Å². The second-order valence-corrected chi connectivity index (χ2v) is 7.40. The van der Waals surface area contributed by atoms with Gasteiger partial charge in [0, 0.05) is 6.08 Å². The fourth-order valence-corrected chi connectivity index (χ4v) is 3.19. The van der Waals surface area contributed by atoms with E-state index in [2.05, 4.69) is 24.8 Å². The van der Waals surface area contributed by atoms with Crippen molar-refractivity contribution in [2.24, 2.45) is 0 Å². The van der Waals surface area contributed by atoms with Crippen molar-refractivity contribution < 1.29 is 19.0 Å². The lowest BCUT2D eigenvalue weighted by Crippen LogP contribution is -2.03. The van der Waals surface area contributed by atoms with Gasteiger partial charge in [-0.25, -0.2) is 4.79 Å². The van der Waals surface area contributed by atoms with Crippen LogP contribution >= 0.6 is 0 Å². The van der Waals surface area contributed by atoms with Crippen LogP contribution in [0.2, 0.25) is 0 Å². The average molecular weight is 442 g/mol. The number of hydrogen-bond donors (Lipinski definition) is 0. The molecule has 0 saturated carbocycles. The highest BCUT2D eigenvalue weighted by molar-refractivity contribution is 5.81. The number of unbranched alkanes of at least 4 members (excludes halogenated alkanes) is 2. The summed E-state index contributed by atoms with van der Waals surface area (Å²) in [6.45, 7) is 4.81. The lowest BCUT2D eigenvalue weighted by atomic mass is 10.0. The van der Waals surface area contributed by atoms with Gasteiger partial charge in [0.1, 0.15) is 24.2 Å². The molecular formula is C28H27NO4. The van der Waals surface area contributed by atoms with Gasteiger partial charge in [-0.1, -0.05) is 55.1 Å². The number of nitrogens with zero attached hydrogens (tertiary/aromatic N) is 1. The quantitative estimate of drug-likeness (QED) is 0.193. The van der Waals surface area contributed by atoms with Gasteiger partial charge in [-0.3, -0.25) is 0 Å². The Morgan fingerprint density at radius 1 is 0.848 bits per heavy atom. The maximum atomic E-state index is 11.0. The molecule has 0 bridgehead atoms. The van der Waals surface area contributed by atoms with Gasteiger partial charge in [0.2, 0.25) is 0 Å². The summed E-state index contributed by atoms with van der Waals surface area (Å²) in [6, 6.07) is 25.6. The summed E-state index contributed by atoms with van der Waals surface area (Å²) in [6.07, 6.45) is 3.82. The molecule has 0 fully saturated rings. The molecule has 0 spiro atoms. The molecule has 33 heavy (non-hydrogen) atoms. The monoisotopic (exact) mass is 441 g/mol. The highest BCUT2D eigenvalue weighted by Gasteiger charge is 2.04. The molecule has 168 valence electrons. The van der Waals surface area contributed by atoms with Gasteiger partial charge in [0.25, 0.3) is 0 Å². The number of nitriles is 1. The van der Waals surface area contributed by atoms with Crippen LogP contribution in [0.4, 0.5) is 0 Å². The first-order valence-electron chi connectivity index (χ1n) is 10.9. The van der Waals surface area contributed by atoms with Crippen LogP contribution in [0, 0.1) is 11.3 Å². The first kappa shape index (κ1) is 23.6. The minimum atomic E-state index is -0.379. The van der Waals surface area contributed by atoms with Gasteiger partial charge in [0.05, 0.1) is 18.8 Å². The summed E-state index contributed by atoms with van der Waals surface area (Å²) < 4.78 is 16.5. The number of carbonyl (C=O) groups is 1. The zero-order valence-corrected chi connectivity index (χ0v) is 18.5. The Balaban J connectivity index is 1.42. The van der Waals surface area contributed by atoms with Crippen molar-refractivity contribution in [3.8, 4) is 28.7 Å². The van der Waals surface area contributed by atoms with Crippen molar-refractivity contribution in [1.82, 2.24) is 0 Å². The lowest BCUT2D eigenvalue weighted by molar-refractivity contribution is -0.137. The molecular weight excluding hydrogens is 414 g/mol. The topological polar surface area (TPSA) is 68.6 Å². The second-order valence-electron chi connectivity index (χ2n) is 7.40. The molecule has 0 radical (unpaired) electrons. The third kappa shape index (κ3) is 7.55. The van der Waals surface area contributed by atoms with E-state index in [9.17, 15) is 4.79 Å². The lowest BCUT2D eigenvalue weighted by Gasteiger charge is -2.09. The van der Waals surface area contributed by atoms with Crippen molar-refractivity contribution in [3.05, 3.63) is 96.6 Å². The van der Waals surface area contributed by atoms with Crippen LogP contribution in [0.25, 0.3) is 11.1 Å². The van der Waals surface area contributed by atoms with Crippen molar-refractivity contribution >= 4 is 5.97 Å². The molecule has 0 aliphatic rings. The molecule has 0 amide bonds. The number of rotatable bonds is 12. The van der Waals surface area contributed by atoms with E-state index in [-0.39, 0.29) is 5.97 Å². The molecule has 5 nitrogen and oxygen atoms in total. The number of benzene rings is 3. The van der Waals surface area contributed by atoms with Crippen LogP contribution < -0.4 is 9.47 Å². The van der Waals surface area contributed by atoms with Crippen LogP contribution in [-0.2, 0) is 16.1 Å². The Morgan fingerprint density at radius 3 is 2.21 bits per heavy atom. The highest BCUT2D eigenvalue weighted by atomic mass is 16.5. The normalized spacial score (nSPS) is 10.2. The van der Waals surface area contributed by atoms with E-state index < -0.39 is 0 Å². The number of carbonyl (C=O) groups excluding carboxylic acids is 1. The van der Waals surface area contributed by atoms with Crippen molar-refractivity contribution in [1.29, 1.82) is 5.26 Å². The molecule has 0 aliphatic heterocycles. The van der Waals surface area contributed by atoms with Gasteiger partial charge < -0.3 is 14.2 Å². The van der Waals surface area contributed by atoms with Gasteiger partial charge in [-0.2, -0.15) is 5.26 Å². The summed E-state index contributed by atoms with van der Waals surface area (Å²) in [5.74, 6) is 1.05. The maximum absolute atomic E-state index is 11.0. The summed E-state index contributed by atoms with van der Waals surface area (Å²) in [5, 5.41) is 9.16.